The maximum absolute atomic E-state index is 12.4. The van der Waals surface area contributed by atoms with Gasteiger partial charge in [0.2, 0.25) is 0 Å². The van der Waals surface area contributed by atoms with Gasteiger partial charge in [0.1, 0.15) is 5.52 Å². The van der Waals surface area contributed by atoms with Crippen molar-refractivity contribution in [3.05, 3.63) is 54.6 Å². The molecular formula is C15H9ClIN3O4S. The molecule has 0 saturated heterocycles. The number of hydrogen-bond donors (Lipinski definition) is 1. The number of nitrogens with zero attached hydrogens (tertiary/aromatic N) is 2. The zero-order valence-electron chi connectivity index (χ0n) is 12.6. The highest BCUT2D eigenvalue weighted by Gasteiger charge is 2.18. The molecule has 0 radical (unpaired) electrons. The largest absolute Gasteiger partial charge is 0.494 e. The summed E-state index contributed by atoms with van der Waals surface area (Å²) >= 11 is 9.27. The molecule has 1 heterocycles. The van der Waals surface area contributed by atoms with Crippen LogP contribution in [-0.4, -0.2) is 22.9 Å². The van der Waals surface area contributed by atoms with Gasteiger partial charge in [-0.25, -0.2) is 4.98 Å². The number of aromatic nitrogens is 1. The Labute approximate surface area is 164 Å². The zero-order chi connectivity index (χ0) is 18.1. The Morgan fingerprint density at radius 1 is 1.40 bits per heavy atom. The molecular weight excluding hydrogens is 481 g/mol. The Bertz CT molecular complexity index is 1010. The summed E-state index contributed by atoms with van der Waals surface area (Å²) in [7, 11) is 1.40. The van der Waals surface area contributed by atoms with Gasteiger partial charge in [0, 0.05) is 9.64 Å². The van der Waals surface area contributed by atoms with Crippen LogP contribution in [0.3, 0.4) is 0 Å². The minimum absolute atomic E-state index is 0.105. The number of benzene rings is 2. The summed E-state index contributed by atoms with van der Waals surface area (Å²) < 4.78 is 6.57. The molecule has 3 rings (SSSR count). The highest BCUT2D eigenvalue weighted by Crippen LogP contribution is 2.36. The van der Waals surface area contributed by atoms with Gasteiger partial charge in [-0.3, -0.25) is 20.2 Å². The number of methoxy groups -OCH3 is 1. The van der Waals surface area contributed by atoms with Crippen LogP contribution in [0.15, 0.2) is 30.3 Å². The fourth-order valence-corrected chi connectivity index (χ4v) is 3.74. The molecule has 7 nitrogen and oxygen atoms in total. The molecule has 0 atom stereocenters. The molecule has 128 valence electrons. The fourth-order valence-electron chi connectivity index (χ4n) is 2.14. The number of halogens is 2. The van der Waals surface area contributed by atoms with E-state index in [9.17, 15) is 14.9 Å². The van der Waals surface area contributed by atoms with Crippen LogP contribution in [0, 0.1) is 13.7 Å². The molecule has 0 bridgehead atoms. The lowest BCUT2D eigenvalue weighted by Crippen LogP contribution is -2.12. The fraction of sp³-hybridized carbons (Fsp3) is 0.0667. The van der Waals surface area contributed by atoms with E-state index in [1.165, 1.54) is 19.2 Å². The van der Waals surface area contributed by atoms with Crippen molar-refractivity contribution in [2.45, 2.75) is 0 Å². The number of thiazole rings is 1. The quantitative estimate of drug-likeness (QED) is 0.325. The molecule has 0 aliphatic rings. The number of carbonyl (C=O) groups excluding carboxylic acids is 1. The van der Waals surface area contributed by atoms with Crippen molar-refractivity contribution >= 4 is 72.5 Å². The van der Waals surface area contributed by atoms with Gasteiger partial charge in [-0.05, 0) is 40.8 Å². The van der Waals surface area contributed by atoms with Crippen molar-refractivity contribution in [3.63, 3.8) is 0 Å². The first-order chi connectivity index (χ1) is 11.9. The predicted octanol–water partition coefficient (Wildman–Crippen LogP) is 4.72. The van der Waals surface area contributed by atoms with Crippen LogP contribution in [-0.2, 0) is 0 Å². The topological polar surface area (TPSA) is 94.4 Å². The van der Waals surface area contributed by atoms with Crippen molar-refractivity contribution in [2.75, 3.05) is 12.4 Å². The maximum atomic E-state index is 12.4. The van der Waals surface area contributed by atoms with Crippen LogP contribution >= 0.6 is 45.5 Å². The van der Waals surface area contributed by atoms with Crippen molar-refractivity contribution in [1.29, 1.82) is 0 Å². The Kier molecular flexibility index (Phi) is 5.06. The molecule has 0 aliphatic carbocycles. The van der Waals surface area contributed by atoms with E-state index < -0.39 is 10.8 Å². The monoisotopic (exact) mass is 489 g/mol. The summed E-state index contributed by atoms with van der Waals surface area (Å²) in [6, 6.07) is 7.79. The van der Waals surface area contributed by atoms with E-state index in [0.29, 0.717) is 25.9 Å². The Morgan fingerprint density at radius 2 is 2.16 bits per heavy atom. The van der Waals surface area contributed by atoms with Crippen LogP contribution in [0.25, 0.3) is 10.2 Å². The molecule has 0 spiro atoms. The van der Waals surface area contributed by atoms with Gasteiger partial charge in [0.25, 0.3) is 11.6 Å². The van der Waals surface area contributed by atoms with Gasteiger partial charge in [0.05, 0.1) is 33.4 Å². The third-order valence-corrected chi connectivity index (χ3v) is 5.19. The average molecular weight is 490 g/mol. The van der Waals surface area contributed by atoms with E-state index >= 15 is 0 Å². The normalized spacial score (nSPS) is 10.7. The number of anilines is 1. The van der Waals surface area contributed by atoms with E-state index in [1.54, 1.807) is 18.2 Å². The minimum atomic E-state index is -0.508. The minimum Gasteiger partial charge on any atom is -0.494 e. The van der Waals surface area contributed by atoms with Crippen LogP contribution in [0.2, 0.25) is 5.02 Å². The Morgan fingerprint density at radius 3 is 2.84 bits per heavy atom. The third kappa shape index (κ3) is 3.67. The number of amides is 1. The van der Waals surface area contributed by atoms with Gasteiger partial charge >= 0.3 is 0 Å². The molecule has 1 aromatic heterocycles. The van der Waals surface area contributed by atoms with Gasteiger partial charge in [-0.2, -0.15) is 0 Å². The second-order valence-electron chi connectivity index (χ2n) is 4.85. The molecule has 10 heteroatoms. The summed E-state index contributed by atoms with van der Waals surface area (Å²) in [5.74, 6) is -0.135. The lowest BCUT2D eigenvalue weighted by atomic mass is 10.2. The Balaban J connectivity index is 1.98. The lowest BCUT2D eigenvalue weighted by molar-refractivity contribution is -0.384. The summed E-state index contributed by atoms with van der Waals surface area (Å²) in [4.78, 5) is 27.2. The summed E-state index contributed by atoms with van der Waals surface area (Å²) in [6.07, 6.45) is 0. The van der Waals surface area contributed by atoms with Gasteiger partial charge in [0.15, 0.2) is 10.9 Å². The van der Waals surface area contributed by atoms with Gasteiger partial charge in [-0.15, -0.1) is 0 Å². The number of hydrogen-bond acceptors (Lipinski definition) is 6. The number of nitro benzene ring substituents is 1. The predicted molar refractivity (Wildman–Crippen MR) is 105 cm³/mol. The highest BCUT2D eigenvalue weighted by molar-refractivity contribution is 14.1. The number of ether oxygens (including phenoxy) is 1. The van der Waals surface area contributed by atoms with Crippen LogP contribution < -0.4 is 10.1 Å². The second kappa shape index (κ2) is 7.10. The highest BCUT2D eigenvalue weighted by atomic mass is 127. The number of carbonyl (C=O) groups is 1. The third-order valence-electron chi connectivity index (χ3n) is 3.27. The second-order valence-corrected chi connectivity index (χ2v) is 7.53. The van der Waals surface area contributed by atoms with Crippen molar-refractivity contribution in [2.24, 2.45) is 0 Å². The van der Waals surface area contributed by atoms with E-state index in [0.717, 1.165) is 14.9 Å². The van der Waals surface area contributed by atoms with Crippen molar-refractivity contribution in [1.82, 2.24) is 4.98 Å². The van der Waals surface area contributed by atoms with Crippen LogP contribution in [0.4, 0.5) is 10.8 Å². The molecule has 25 heavy (non-hydrogen) atoms. The van der Waals surface area contributed by atoms with E-state index in [1.807, 2.05) is 0 Å². The molecule has 1 N–H and O–H groups in total. The number of rotatable bonds is 4. The van der Waals surface area contributed by atoms with Crippen LogP contribution in [0.5, 0.6) is 5.75 Å². The summed E-state index contributed by atoms with van der Waals surface area (Å²) in [6.45, 7) is 0. The standard InChI is InChI=1S/C15H9ClIN3O4S/c1-24-11-5-8(20(22)23)6-12-13(11)18-15(25-12)19-14(21)9-4-7(17)2-3-10(9)16/h2-6H,1H3,(H,18,19,21). The molecule has 0 aliphatic heterocycles. The van der Waals surface area contributed by atoms with Gasteiger partial charge < -0.3 is 4.74 Å². The molecule has 3 aromatic rings. The van der Waals surface area contributed by atoms with Crippen molar-refractivity contribution in [3.8, 4) is 5.75 Å². The number of non-ortho nitro benzene ring substituents is 1. The van der Waals surface area contributed by atoms with E-state index in [2.05, 4.69) is 32.9 Å². The number of nitro groups is 1. The first-order valence-corrected chi connectivity index (χ1v) is 9.05. The van der Waals surface area contributed by atoms with Gasteiger partial charge in [-0.1, -0.05) is 22.9 Å². The van der Waals surface area contributed by atoms with Crippen molar-refractivity contribution < 1.29 is 14.5 Å². The zero-order valence-corrected chi connectivity index (χ0v) is 16.3. The first kappa shape index (κ1) is 17.8. The lowest BCUT2D eigenvalue weighted by Gasteiger charge is -2.04. The molecule has 0 unspecified atom stereocenters. The molecule has 0 saturated carbocycles. The van der Waals surface area contributed by atoms with E-state index in [4.69, 9.17) is 16.3 Å². The van der Waals surface area contributed by atoms with Crippen LogP contribution in [0.1, 0.15) is 10.4 Å². The molecule has 0 fully saturated rings. The maximum Gasteiger partial charge on any atom is 0.274 e. The SMILES string of the molecule is COc1cc([N+](=O)[O-])cc2sc(NC(=O)c3cc(I)ccc3Cl)nc12. The molecule has 1 amide bonds. The molecule has 2 aromatic carbocycles. The average Bonchev–Trinajstić information content (AvgIpc) is 2.98. The number of nitrogens with one attached hydrogen (secondary N) is 1. The summed E-state index contributed by atoms with van der Waals surface area (Å²) in [5.41, 5.74) is 0.666. The van der Waals surface area contributed by atoms with E-state index in [-0.39, 0.29) is 11.4 Å². The number of fused-ring (bicyclic) bond motifs is 1. The Hall–Kier alpha value is -1.98. The first-order valence-electron chi connectivity index (χ1n) is 6.78. The smallest absolute Gasteiger partial charge is 0.274 e. The summed E-state index contributed by atoms with van der Waals surface area (Å²) in [5, 5.41) is 14.3.